The van der Waals surface area contributed by atoms with E-state index in [0.29, 0.717) is 13.0 Å². The van der Waals surface area contributed by atoms with Gasteiger partial charge in [0, 0.05) is 24.5 Å². The summed E-state index contributed by atoms with van der Waals surface area (Å²) < 4.78 is 1.39. The van der Waals surface area contributed by atoms with E-state index in [1.54, 1.807) is 17.4 Å². The molecular formula is C17H17N5O2S. The van der Waals surface area contributed by atoms with Gasteiger partial charge in [-0.05, 0) is 23.9 Å². The van der Waals surface area contributed by atoms with E-state index in [4.69, 9.17) is 0 Å². The number of rotatable bonds is 6. The average molecular weight is 355 g/mol. The minimum atomic E-state index is -0.317. The van der Waals surface area contributed by atoms with E-state index in [1.165, 1.54) is 29.3 Å². The van der Waals surface area contributed by atoms with Gasteiger partial charge >= 0.3 is 0 Å². The number of nitrogens with one attached hydrogen (secondary N) is 1. The number of carbonyl (C=O) groups excluding carboxylic acids is 1. The second-order valence-corrected chi connectivity index (χ2v) is 6.33. The summed E-state index contributed by atoms with van der Waals surface area (Å²) in [5, 5.41) is 9.25. The van der Waals surface area contributed by atoms with Crippen molar-refractivity contribution in [3.63, 3.8) is 0 Å². The second kappa shape index (κ2) is 7.80. The van der Waals surface area contributed by atoms with Gasteiger partial charge in [0.15, 0.2) is 0 Å². The van der Waals surface area contributed by atoms with Crippen molar-refractivity contribution in [1.29, 1.82) is 0 Å². The van der Waals surface area contributed by atoms with E-state index in [-0.39, 0.29) is 23.2 Å². The molecule has 0 spiro atoms. The van der Waals surface area contributed by atoms with Crippen molar-refractivity contribution in [2.45, 2.75) is 25.9 Å². The van der Waals surface area contributed by atoms with Gasteiger partial charge in [-0.3, -0.25) is 14.6 Å². The lowest BCUT2D eigenvalue weighted by molar-refractivity contribution is 0.0925. The maximum absolute atomic E-state index is 12.2. The number of hydrogen-bond acceptors (Lipinski definition) is 6. The van der Waals surface area contributed by atoms with Gasteiger partial charge in [-0.2, -0.15) is 5.10 Å². The largest absolute Gasteiger partial charge is 0.346 e. The highest BCUT2D eigenvalue weighted by atomic mass is 32.1. The van der Waals surface area contributed by atoms with Gasteiger partial charge < -0.3 is 5.32 Å². The van der Waals surface area contributed by atoms with E-state index in [9.17, 15) is 9.59 Å². The van der Waals surface area contributed by atoms with Crippen molar-refractivity contribution in [1.82, 2.24) is 25.1 Å². The normalized spacial score (nSPS) is 11.9. The first kappa shape index (κ1) is 17.0. The molecule has 0 fully saturated rings. The number of amides is 1. The van der Waals surface area contributed by atoms with Crippen LogP contribution in [0.15, 0.2) is 53.0 Å². The fourth-order valence-electron chi connectivity index (χ4n) is 2.30. The van der Waals surface area contributed by atoms with Gasteiger partial charge in [0.2, 0.25) is 0 Å². The van der Waals surface area contributed by atoms with Crippen LogP contribution in [-0.2, 0) is 6.54 Å². The van der Waals surface area contributed by atoms with Gasteiger partial charge in [-0.25, -0.2) is 9.67 Å². The third-order valence-corrected chi connectivity index (χ3v) is 4.55. The zero-order valence-corrected chi connectivity index (χ0v) is 14.4. The minimum absolute atomic E-state index is 0.201. The maximum Gasteiger partial charge on any atom is 0.271 e. The Bertz CT molecular complexity index is 893. The summed E-state index contributed by atoms with van der Waals surface area (Å²) in [5.74, 6) is -0.317. The van der Waals surface area contributed by atoms with E-state index >= 15 is 0 Å². The molecule has 3 aromatic rings. The molecule has 0 saturated heterocycles. The highest BCUT2D eigenvalue weighted by Gasteiger charge is 2.15. The third-order valence-electron chi connectivity index (χ3n) is 3.66. The monoisotopic (exact) mass is 355 g/mol. The van der Waals surface area contributed by atoms with E-state index in [1.807, 2.05) is 24.4 Å². The molecule has 0 saturated carbocycles. The summed E-state index contributed by atoms with van der Waals surface area (Å²) in [5.41, 5.74) is 0.783. The molecule has 0 aliphatic carbocycles. The third kappa shape index (κ3) is 4.16. The molecule has 1 atom stereocenters. The first-order valence-corrected chi connectivity index (χ1v) is 8.74. The van der Waals surface area contributed by atoms with Crippen LogP contribution >= 0.6 is 11.3 Å². The van der Waals surface area contributed by atoms with Crippen LogP contribution in [0.4, 0.5) is 0 Å². The van der Waals surface area contributed by atoms with Crippen molar-refractivity contribution < 1.29 is 4.79 Å². The zero-order valence-electron chi connectivity index (χ0n) is 13.6. The van der Waals surface area contributed by atoms with E-state index in [0.717, 1.165) is 10.6 Å². The highest BCUT2D eigenvalue weighted by molar-refractivity contribution is 7.13. The molecule has 0 aliphatic rings. The molecule has 0 unspecified atom stereocenters. The molecule has 8 heteroatoms. The predicted molar refractivity (Wildman–Crippen MR) is 95.4 cm³/mol. The van der Waals surface area contributed by atoms with Gasteiger partial charge in [0.05, 0.1) is 17.6 Å². The standard InChI is InChI=1S/C17H17N5O2S/c1-2-12(20-17(24)14-10-18-7-8-19-14)11-22-16(23)6-5-13(21-22)15-4-3-9-25-15/h3-10,12H,2,11H2,1H3,(H,20,24)/t12-/m0/s1. The predicted octanol–water partition coefficient (Wildman–Crippen LogP) is 1.97. The molecule has 0 bridgehead atoms. The second-order valence-electron chi connectivity index (χ2n) is 5.39. The molecule has 7 nitrogen and oxygen atoms in total. The Kier molecular flexibility index (Phi) is 5.30. The molecular weight excluding hydrogens is 338 g/mol. The molecule has 25 heavy (non-hydrogen) atoms. The summed E-state index contributed by atoms with van der Waals surface area (Å²) in [6.07, 6.45) is 5.04. The quantitative estimate of drug-likeness (QED) is 0.730. The molecule has 1 N–H and O–H groups in total. The van der Waals surface area contributed by atoms with E-state index < -0.39 is 0 Å². The number of carbonyl (C=O) groups is 1. The Morgan fingerprint density at radius 3 is 2.88 bits per heavy atom. The number of thiophene rings is 1. The van der Waals surface area contributed by atoms with Crippen molar-refractivity contribution >= 4 is 17.2 Å². The van der Waals surface area contributed by atoms with Crippen LogP contribution in [0.25, 0.3) is 10.6 Å². The molecule has 0 radical (unpaired) electrons. The lowest BCUT2D eigenvalue weighted by Gasteiger charge is -2.17. The highest BCUT2D eigenvalue weighted by Crippen LogP contribution is 2.21. The molecule has 0 aromatic carbocycles. The van der Waals surface area contributed by atoms with E-state index in [2.05, 4.69) is 20.4 Å². The first-order chi connectivity index (χ1) is 12.2. The zero-order chi connectivity index (χ0) is 17.6. The lowest BCUT2D eigenvalue weighted by Crippen LogP contribution is -2.40. The van der Waals surface area contributed by atoms with Crippen LogP contribution in [-0.4, -0.2) is 31.7 Å². The number of aromatic nitrogens is 4. The maximum atomic E-state index is 12.2. The van der Waals surface area contributed by atoms with Crippen molar-refractivity contribution in [3.8, 4) is 10.6 Å². The van der Waals surface area contributed by atoms with Gasteiger partial charge in [-0.15, -0.1) is 11.3 Å². The van der Waals surface area contributed by atoms with Crippen LogP contribution in [0.2, 0.25) is 0 Å². The van der Waals surface area contributed by atoms with Gasteiger partial charge in [0.25, 0.3) is 11.5 Å². The Labute approximate surface area is 148 Å². The summed E-state index contributed by atoms with van der Waals surface area (Å²) in [7, 11) is 0. The van der Waals surface area contributed by atoms with Crippen molar-refractivity contribution in [2.24, 2.45) is 0 Å². The average Bonchev–Trinajstić information content (AvgIpc) is 3.18. The Balaban J connectivity index is 1.76. The van der Waals surface area contributed by atoms with Crippen LogP contribution in [0.3, 0.4) is 0 Å². The van der Waals surface area contributed by atoms with Crippen molar-refractivity contribution in [2.75, 3.05) is 0 Å². The summed E-state index contributed by atoms with van der Waals surface area (Å²) >= 11 is 1.56. The fourth-order valence-corrected chi connectivity index (χ4v) is 2.99. The van der Waals surface area contributed by atoms with Crippen molar-refractivity contribution in [3.05, 3.63) is 64.3 Å². The molecule has 3 heterocycles. The molecule has 3 aromatic heterocycles. The number of hydrogen-bond donors (Lipinski definition) is 1. The lowest BCUT2D eigenvalue weighted by atomic mass is 10.2. The van der Waals surface area contributed by atoms with Crippen LogP contribution in [0.5, 0.6) is 0 Å². The first-order valence-electron chi connectivity index (χ1n) is 7.86. The van der Waals surface area contributed by atoms with Gasteiger partial charge in [-0.1, -0.05) is 13.0 Å². The molecule has 3 rings (SSSR count). The SMILES string of the molecule is CC[C@@H](Cn1nc(-c2cccs2)ccc1=O)NC(=O)c1cnccn1. The van der Waals surface area contributed by atoms with Gasteiger partial charge in [0.1, 0.15) is 11.4 Å². The fraction of sp³-hybridized carbons (Fsp3) is 0.235. The topological polar surface area (TPSA) is 89.8 Å². The molecule has 0 aliphatic heterocycles. The number of nitrogens with zero attached hydrogens (tertiary/aromatic N) is 4. The smallest absolute Gasteiger partial charge is 0.271 e. The minimum Gasteiger partial charge on any atom is -0.346 e. The Morgan fingerprint density at radius 1 is 1.32 bits per heavy atom. The Hall–Kier alpha value is -2.87. The summed E-state index contributed by atoms with van der Waals surface area (Å²) in [6.45, 7) is 2.23. The Morgan fingerprint density at radius 2 is 2.20 bits per heavy atom. The molecule has 128 valence electrons. The summed E-state index contributed by atoms with van der Waals surface area (Å²) in [4.78, 5) is 33.2. The van der Waals surface area contributed by atoms with Crippen LogP contribution in [0, 0.1) is 0 Å². The van der Waals surface area contributed by atoms with Crippen LogP contribution in [0.1, 0.15) is 23.8 Å². The molecule has 1 amide bonds. The van der Waals surface area contributed by atoms with Crippen LogP contribution < -0.4 is 10.9 Å². The summed E-state index contributed by atoms with van der Waals surface area (Å²) in [6, 6.07) is 6.86.